The van der Waals surface area contributed by atoms with Gasteiger partial charge in [0.2, 0.25) is 16.0 Å². The molecule has 0 fully saturated rings. The molecule has 0 aliphatic carbocycles. The Morgan fingerprint density at radius 2 is 2.12 bits per heavy atom. The summed E-state index contributed by atoms with van der Waals surface area (Å²) in [5.74, 6) is 0.267. The van der Waals surface area contributed by atoms with Crippen LogP contribution in [0.3, 0.4) is 0 Å². The van der Waals surface area contributed by atoms with E-state index in [0.717, 1.165) is 11.0 Å². The van der Waals surface area contributed by atoms with Crippen LogP contribution in [0.2, 0.25) is 0 Å². The minimum Gasteiger partial charge on any atom is -0.323 e. The highest BCUT2D eigenvalue weighted by atomic mass is 32.2. The van der Waals surface area contributed by atoms with Crippen LogP contribution in [0.25, 0.3) is 11.0 Å². The Labute approximate surface area is 99.5 Å². The van der Waals surface area contributed by atoms with Crippen molar-refractivity contribution in [2.24, 2.45) is 0 Å². The summed E-state index contributed by atoms with van der Waals surface area (Å²) in [5.41, 5.74) is 1.54. The lowest BCUT2D eigenvalue weighted by Crippen LogP contribution is -2.24. The number of nitrogens with zero attached hydrogens (tertiary/aromatic N) is 1. The maximum Gasteiger partial charge on any atom is 0.236 e. The van der Waals surface area contributed by atoms with Gasteiger partial charge in [0, 0.05) is 6.54 Å². The number of aromatic amines is 1. The molecule has 0 saturated heterocycles. The van der Waals surface area contributed by atoms with Crippen LogP contribution >= 0.6 is 0 Å². The maximum absolute atomic E-state index is 11.6. The molecule has 1 aromatic heterocycles. The number of hydrogen-bond acceptors (Lipinski definition) is 4. The molecule has 7 heteroatoms. The first-order valence-electron chi connectivity index (χ1n) is 5.20. The zero-order valence-corrected chi connectivity index (χ0v) is 10.2. The van der Waals surface area contributed by atoms with Gasteiger partial charge in [-0.15, -0.1) is 0 Å². The average Bonchev–Trinajstić information content (AvgIpc) is 2.67. The largest absolute Gasteiger partial charge is 0.323 e. The summed E-state index contributed by atoms with van der Waals surface area (Å²) in [4.78, 5) is 7.05. The standard InChI is InChI=1S/C10H14N4O2S/c1-11-6-7-17(15,16)14-10-12-8-4-2-3-5-9(8)13-10/h2-5,11H,6-7H2,1H3,(H2,12,13,14). The van der Waals surface area contributed by atoms with E-state index in [0.29, 0.717) is 6.54 Å². The van der Waals surface area contributed by atoms with E-state index in [-0.39, 0.29) is 11.7 Å². The Morgan fingerprint density at radius 1 is 1.35 bits per heavy atom. The van der Waals surface area contributed by atoms with E-state index in [1.54, 1.807) is 7.05 Å². The first kappa shape index (κ1) is 11.9. The first-order valence-corrected chi connectivity index (χ1v) is 6.86. The molecule has 0 atom stereocenters. The quantitative estimate of drug-likeness (QED) is 0.726. The van der Waals surface area contributed by atoms with Crippen molar-refractivity contribution in [1.29, 1.82) is 0 Å². The van der Waals surface area contributed by atoms with E-state index in [1.165, 1.54) is 0 Å². The van der Waals surface area contributed by atoms with Crippen molar-refractivity contribution in [3.05, 3.63) is 24.3 Å². The third-order valence-electron chi connectivity index (χ3n) is 2.26. The number of aromatic nitrogens is 2. The molecule has 3 N–H and O–H groups in total. The van der Waals surface area contributed by atoms with Crippen LogP contribution in [0.15, 0.2) is 24.3 Å². The Kier molecular flexibility index (Phi) is 3.30. The van der Waals surface area contributed by atoms with E-state index in [9.17, 15) is 8.42 Å². The number of fused-ring (bicyclic) bond motifs is 1. The van der Waals surface area contributed by atoms with Crippen molar-refractivity contribution in [1.82, 2.24) is 15.3 Å². The van der Waals surface area contributed by atoms with Crippen LogP contribution in [0, 0.1) is 0 Å². The molecule has 0 saturated carbocycles. The number of benzene rings is 1. The molecule has 17 heavy (non-hydrogen) atoms. The number of nitrogens with one attached hydrogen (secondary N) is 3. The first-order chi connectivity index (χ1) is 8.11. The van der Waals surface area contributed by atoms with E-state index in [1.807, 2.05) is 24.3 Å². The van der Waals surface area contributed by atoms with Gasteiger partial charge in [-0.2, -0.15) is 0 Å². The van der Waals surface area contributed by atoms with Crippen molar-refractivity contribution >= 4 is 27.0 Å². The highest BCUT2D eigenvalue weighted by molar-refractivity contribution is 7.92. The van der Waals surface area contributed by atoms with E-state index in [4.69, 9.17) is 0 Å². The van der Waals surface area contributed by atoms with Crippen molar-refractivity contribution in [2.75, 3.05) is 24.1 Å². The molecule has 0 unspecified atom stereocenters. The molecule has 0 aliphatic rings. The van der Waals surface area contributed by atoms with Gasteiger partial charge in [0.1, 0.15) is 0 Å². The van der Waals surface area contributed by atoms with Crippen LogP contribution in [0.4, 0.5) is 5.95 Å². The summed E-state index contributed by atoms with van der Waals surface area (Å²) in [7, 11) is -1.65. The predicted octanol–water partition coefficient (Wildman–Crippen LogP) is 0.524. The average molecular weight is 254 g/mol. The number of sulfonamides is 1. The van der Waals surface area contributed by atoms with Gasteiger partial charge in [0.15, 0.2) is 0 Å². The molecule has 0 aliphatic heterocycles. The van der Waals surface area contributed by atoms with Crippen LogP contribution in [-0.2, 0) is 10.0 Å². The van der Waals surface area contributed by atoms with Crippen molar-refractivity contribution in [2.45, 2.75) is 0 Å². The molecule has 0 amide bonds. The lowest BCUT2D eigenvalue weighted by Gasteiger charge is -2.03. The zero-order chi connectivity index (χ0) is 12.3. The van der Waals surface area contributed by atoms with Gasteiger partial charge in [-0.1, -0.05) is 12.1 Å². The van der Waals surface area contributed by atoms with E-state index < -0.39 is 10.0 Å². The predicted molar refractivity (Wildman–Crippen MR) is 67.4 cm³/mol. The highest BCUT2D eigenvalue weighted by Gasteiger charge is 2.12. The Balaban J connectivity index is 2.18. The van der Waals surface area contributed by atoms with Crippen LogP contribution in [0.5, 0.6) is 0 Å². The molecule has 6 nitrogen and oxygen atoms in total. The molecular formula is C10H14N4O2S. The van der Waals surface area contributed by atoms with Crippen LogP contribution in [-0.4, -0.2) is 37.7 Å². The highest BCUT2D eigenvalue weighted by Crippen LogP contribution is 2.14. The van der Waals surface area contributed by atoms with Gasteiger partial charge >= 0.3 is 0 Å². The summed E-state index contributed by atoms with van der Waals surface area (Å²) in [6, 6.07) is 7.37. The van der Waals surface area contributed by atoms with Gasteiger partial charge in [-0.25, -0.2) is 13.4 Å². The molecular weight excluding hydrogens is 240 g/mol. The third kappa shape index (κ3) is 2.95. The zero-order valence-electron chi connectivity index (χ0n) is 9.40. The molecule has 0 bridgehead atoms. The van der Waals surface area contributed by atoms with Gasteiger partial charge in [-0.3, -0.25) is 4.72 Å². The second-order valence-corrected chi connectivity index (χ2v) is 5.47. The fraction of sp³-hybridized carbons (Fsp3) is 0.300. The summed E-state index contributed by atoms with van der Waals surface area (Å²) in [6.45, 7) is 0.398. The minimum atomic E-state index is -3.35. The second kappa shape index (κ2) is 4.72. The van der Waals surface area contributed by atoms with E-state index >= 15 is 0 Å². The minimum absolute atomic E-state index is 0.0144. The molecule has 0 radical (unpaired) electrons. The summed E-state index contributed by atoms with van der Waals surface area (Å²) in [5, 5.41) is 2.79. The van der Waals surface area contributed by atoms with Crippen molar-refractivity contribution < 1.29 is 8.42 Å². The number of imidazole rings is 1. The number of rotatable bonds is 5. The number of anilines is 1. The van der Waals surface area contributed by atoms with Gasteiger partial charge in [0.05, 0.1) is 16.8 Å². The Hall–Kier alpha value is -1.60. The van der Waals surface area contributed by atoms with Gasteiger partial charge < -0.3 is 10.3 Å². The van der Waals surface area contributed by atoms with Crippen molar-refractivity contribution in [3.8, 4) is 0 Å². The van der Waals surface area contributed by atoms with E-state index in [2.05, 4.69) is 20.0 Å². The molecule has 0 spiro atoms. The molecule has 1 aromatic carbocycles. The Bertz CT molecular complexity index is 573. The summed E-state index contributed by atoms with van der Waals surface area (Å²) in [6.07, 6.45) is 0. The fourth-order valence-electron chi connectivity index (χ4n) is 1.44. The van der Waals surface area contributed by atoms with Crippen LogP contribution in [0.1, 0.15) is 0 Å². The Morgan fingerprint density at radius 3 is 2.82 bits per heavy atom. The number of H-pyrrole nitrogens is 1. The topological polar surface area (TPSA) is 86.9 Å². The number of hydrogen-bond donors (Lipinski definition) is 3. The van der Waals surface area contributed by atoms with Crippen molar-refractivity contribution in [3.63, 3.8) is 0 Å². The van der Waals surface area contributed by atoms with Crippen LogP contribution < -0.4 is 10.0 Å². The lowest BCUT2D eigenvalue weighted by molar-refractivity contribution is 0.598. The summed E-state index contributed by atoms with van der Waals surface area (Å²) < 4.78 is 25.7. The molecule has 1 heterocycles. The third-order valence-corrected chi connectivity index (χ3v) is 3.51. The molecule has 92 valence electrons. The SMILES string of the molecule is CNCCS(=O)(=O)Nc1nc2ccccc2[nH]1. The maximum atomic E-state index is 11.6. The van der Waals surface area contributed by atoms with Gasteiger partial charge in [-0.05, 0) is 19.2 Å². The second-order valence-electron chi connectivity index (χ2n) is 3.63. The normalized spacial score (nSPS) is 11.8. The van der Waals surface area contributed by atoms with Gasteiger partial charge in [0.25, 0.3) is 0 Å². The summed E-state index contributed by atoms with van der Waals surface area (Å²) >= 11 is 0. The fourth-order valence-corrected chi connectivity index (χ4v) is 2.40. The lowest BCUT2D eigenvalue weighted by atomic mass is 10.3. The molecule has 2 aromatic rings. The monoisotopic (exact) mass is 254 g/mol. The number of para-hydroxylation sites is 2. The smallest absolute Gasteiger partial charge is 0.236 e. The molecule has 2 rings (SSSR count).